The Labute approximate surface area is 94.6 Å². The zero-order valence-electron chi connectivity index (χ0n) is 8.88. The van der Waals surface area contributed by atoms with Gasteiger partial charge in [0.1, 0.15) is 0 Å². The number of carbonyl (C=O) groups is 1. The van der Waals surface area contributed by atoms with Crippen LogP contribution in [0.15, 0.2) is 23.4 Å². The highest BCUT2D eigenvalue weighted by molar-refractivity contribution is 7.91. The molecule has 0 unspecified atom stereocenters. The van der Waals surface area contributed by atoms with Crippen LogP contribution in [0.3, 0.4) is 0 Å². The summed E-state index contributed by atoms with van der Waals surface area (Å²) in [5.74, 6) is -0.462. The van der Waals surface area contributed by atoms with Gasteiger partial charge < -0.3 is 5.73 Å². The number of rotatable bonds is 5. The molecule has 1 heterocycles. The van der Waals surface area contributed by atoms with E-state index in [1.807, 2.05) is 0 Å². The Balaban J connectivity index is 2.91. The summed E-state index contributed by atoms with van der Waals surface area (Å²) < 4.78 is 23.0. The molecule has 1 amide bonds. The van der Waals surface area contributed by atoms with E-state index < -0.39 is 15.7 Å². The predicted octanol–water partition coefficient (Wildman–Crippen LogP) is 0.303. The first-order chi connectivity index (χ1) is 7.45. The number of hydrogen-bond acceptors (Lipinski definition) is 4. The van der Waals surface area contributed by atoms with Crippen molar-refractivity contribution in [2.45, 2.75) is 18.4 Å². The summed E-state index contributed by atoms with van der Waals surface area (Å²) in [5.41, 5.74) is 5.61. The van der Waals surface area contributed by atoms with Gasteiger partial charge >= 0.3 is 0 Å². The molecule has 2 N–H and O–H groups in total. The average Bonchev–Trinajstić information content (AvgIpc) is 2.27. The SMILES string of the molecule is CCS(=O)(=O)c1cc([CH]CC(N)=O)ccn1. The van der Waals surface area contributed by atoms with Crippen LogP contribution >= 0.6 is 0 Å². The van der Waals surface area contributed by atoms with E-state index in [0.717, 1.165) is 0 Å². The lowest BCUT2D eigenvalue weighted by Crippen LogP contribution is -2.11. The van der Waals surface area contributed by atoms with E-state index in [4.69, 9.17) is 5.73 Å². The second-order valence-corrected chi connectivity index (χ2v) is 5.43. The largest absolute Gasteiger partial charge is 0.370 e. The molecule has 6 heteroatoms. The van der Waals surface area contributed by atoms with Crippen molar-refractivity contribution in [1.82, 2.24) is 4.98 Å². The summed E-state index contributed by atoms with van der Waals surface area (Å²) in [4.78, 5) is 14.4. The lowest BCUT2D eigenvalue weighted by Gasteiger charge is -2.03. The van der Waals surface area contributed by atoms with Gasteiger partial charge in [0.2, 0.25) is 5.91 Å². The van der Waals surface area contributed by atoms with Gasteiger partial charge in [-0.1, -0.05) is 6.92 Å². The molecule has 1 rings (SSSR count). The van der Waals surface area contributed by atoms with Gasteiger partial charge in [-0.3, -0.25) is 4.79 Å². The summed E-state index contributed by atoms with van der Waals surface area (Å²) in [5, 5.41) is 0.0215. The molecule has 0 bridgehead atoms. The Morgan fingerprint density at radius 3 is 2.81 bits per heavy atom. The van der Waals surface area contributed by atoms with Gasteiger partial charge in [0.25, 0.3) is 0 Å². The lowest BCUT2D eigenvalue weighted by atomic mass is 10.1. The van der Waals surface area contributed by atoms with Crippen molar-refractivity contribution in [3.05, 3.63) is 30.3 Å². The Bertz CT molecular complexity index is 483. The number of nitrogens with two attached hydrogens (primary N) is 1. The Kier molecular flexibility index (Phi) is 4.00. The van der Waals surface area contributed by atoms with Crippen LogP contribution in [0.4, 0.5) is 0 Å². The fourth-order valence-electron chi connectivity index (χ4n) is 1.09. The topological polar surface area (TPSA) is 90.1 Å². The normalized spacial score (nSPS) is 11.3. The summed E-state index contributed by atoms with van der Waals surface area (Å²) >= 11 is 0. The van der Waals surface area contributed by atoms with Crippen LogP contribution in [-0.4, -0.2) is 25.1 Å². The number of sulfone groups is 1. The minimum atomic E-state index is -3.31. The zero-order chi connectivity index (χ0) is 12.2. The molecule has 1 radical (unpaired) electrons. The first-order valence-electron chi connectivity index (χ1n) is 4.76. The number of aromatic nitrogens is 1. The van der Waals surface area contributed by atoms with E-state index in [2.05, 4.69) is 4.98 Å². The number of nitrogens with zero attached hydrogens (tertiary/aromatic N) is 1. The molecule has 0 aliphatic rings. The number of primary amides is 1. The van der Waals surface area contributed by atoms with Crippen LogP contribution in [0.5, 0.6) is 0 Å². The summed E-state index contributed by atoms with van der Waals surface area (Å²) in [6.07, 6.45) is 3.05. The lowest BCUT2D eigenvalue weighted by molar-refractivity contribution is -0.117. The van der Waals surface area contributed by atoms with E-state index >= 15 is 0 Å². The molecular weight excluding hydrogens is 228 g/mol. The molecule has 0 spiro atoms. The smallest absolute Gasteiger partial charge is 0.218 e. The molecule has 1 aromatic rings. The Morgan fingerprint density at radius 1 is 1.56 bits per heavy atom. The molecule has 87 valence electrons. The number of pyridine rings is 1. The minimum absolute atomic E-state index is 0.000721. The standard InChI is InChI=1S/C10H13N2O3S/c1-2-16(14,15)10-7-8(5-6-12-10)3-4-9(11)13/h3,5-7H,2,4H2,1H3,(H2,11,13). The molecule has 0 atom stereocenters. The van der Waals surface area contributed by atoms with Crippen LogP contribution < -0.4 is 5.73 Å². The molecule has 0 fully saturated rings. The molecule has 0 saturated carbocycles. The van der Waals surface area contributed by atoms with Crippen LogP contribution in [0.25, 0.3) is 0 Å². The van der Waals surface area contributed by atoms with Crippen LogP contribution in [0.2, 0.25) is 0 Å². The van der Waals surface area contributed by atoms with Crippen molar-refractivity contribution in [3.8, 4) is 0 Å². The number of hydrogen-bond donors (Lipinski definition) is 1. The van der Waals surface area contributed by atoms with Gasteiger partial charge in [-0.05, 0) is 17.7 Å². The molecule has 0 aliphatic heterocycles. The molecular formula is C10H13N2O3S. The quantitative estimate of drug-likeness (QED) is 0.803. The third-order valence-corrected chi connectivity index (χ3v) is 3.62. The maximum absolute atomic E-state index is 11.5. The van der Waals surface area contributed by atoms with Gasteiger partial charge in [0.05, 0.1) is 5.75 Å². The zero-order valence-corrected chi connectivity index (χ0v) is 9.70. The van der Waals surface area contributed by atoms with Gasteiger partial charge in [-0.2, -0.15) is 0 Å². The Morgan fingerprint density at radius 2 is 2.25 bits per heavy atom. The van der Waals surface area contributed by atoms with Gasteiger partial charge in [0.15, 0.2) is 14.9 Å². The maximum Gasteiger partial charge on any atom is 0.218 e. The maximum atomic E-state index is 11.5. The second-order valence-electron chi connectivity index (χ2n) is 3.21. The second kappa shape index (κ2) is 5.07. The molecule has 1 aromatic heterocycles. The fraction of sp³-hybridized carbons (Fsp3) is 0.300. The first-order valence-corrected chi connectivity index (χ1v) is 6.41. The third kappa shape index (κ3) is 3.30. The number of amides is 1. The van der Waals surface area contributed by atoms with E-state index in [0.29, 0.717) is 5.56 Å². The first kappa shape index (κ1) is 12.6. The van der Waals surface area contributed by atoms with E-state index in [9.17, 15) is 13.2 Å². The molecule has 0 aliphatic carbocycles. The molecule has 5 nitrogen and oxygen atoms in total. The summed E-state index contributed by atoms with van der Waals surface area (Å²) in [6.45, 7) is 1.55. The highest BCUT2D eigenvalue weighted by atomic mass is 32.2. The van der Waals surface area contributed by atoms with Crippen LogP contribution in [-0.2, 0) is 14.6 Å². The average molecular weight is 241 g/mol. The van der Waals surface area contributed by atoms with E-state index in [-0.39, 0.29) is 17.2 Å². The summed E-state index contributed by atoms with van der Waals surface area (Å²) in [6, 6.07) is 3.05. The monoisotopic (exact) mass is 241 g/mol. The van der Waals surface area contributed by atoms with Crippen LogP contribution in [0.1, 0.15) is 18.9 Å². The van der Waals surface area contributed by atoms with Crippen molar-refractivity contribution in [2.24, 2.45) is 5.73 Å². The highest BCUT2D eigenvalue weighted by Gasteiger charge is 2.13. The van der Waals surface area contributed by atoms with E-state index in [1.165, 1.54) is 12.3 Å². The van der Waals surface area contributed by atoms with Gasteiger partial charge in [-0.25, -0.2) is 13.4 Å². The van der Waals surface area contributed by atoms with E-state index in [1.54, 1.807) is 19.4 Å². The third-order valence-electron chi connectivity index (χ3n) is 2.00. The van der Waals surface area contributed by atoms with Crippen molar-refractivity contribution in [2.75, 3.05) is 5.75 Å². The fourth-order valence-corrected chi connectivity index (χ4v) is 1.92. The number of carbonyl (C=O) groups excluding carboxylic acids is 1. The molecule has 16 heavy (non-hydrogen) atoms. The van der Waals surface area contributed by atoms with Crippen molar-refractivity contribution in [1.29, 1.82) is 0 Å². The van der Waals surface area contributed by atoms with Gasteiger partial charge in [-0.15, -0.1) is 0 Å². The molecule has 0 saturated heterocycles. The van der Waals surface area contributed by atoms with Crippen molar-refractivity contribution in [3.63, 3.8) is 0 Å². The molecule has 0 aromatic carbocycles. The van der Waals surface area contributed by atoms with Crippen molar-refractivity contribution < 1.29 is 13.2 Å². The predicted molar refractivity (Wildman–Crippen MR) is 59.2 cm³/mol. The van der Waals surface area contributed by atoms with Crippen LogP contribution in [0, 0.1) is 6.42 Å². The van der Waals surface area contributed by atoms with Crippen molar-refractivity contribution >= 4 is 15.7 Å². The Hall–Kier alpha value is -1.43. The summed E-state index contributed by atoms with van der Waals surface area (Å²) in [7, 11) is -3.31. The van der Waals surface area contributed by atoms with Gasteiger partial charge in [0, 0.05) is 19.0 Å². The highest BCUT2D eigenvalue weighted by Crippen LogP contribution is 2.12. The minimum Gasteiger partial charge on any atom is -0.370 e.